The van der Waals surface area contributed by atoms with Gasteiger partial charge >= 0.3 is 6.09 Å². The molecule has 3 heterocycles. The van der Waals surface area contributed by atoms with E-state index in [0.29, 0.717) is 22.9 Å². The monoisotopic (exact) mass is 718 g/mol. The Kier molecular flexibility index (Phi) is 9.01. The number of allylic oxidation sites excluding steroid dienone is 3. The number of methoxy groups -OCH3 is 1. The molecule has 0 bridgehead atoms. The smallest absolute Gasteiger partial charge is 0.411 e. The standard InChI is InChI=1S/C33H26ClIN5O4/c1-43-33(41)38-25-11-7-22(8-12-25)30-17-37-32(39-30)28(15-21-5-3-2-4-6-21)29-14-9-23(19-40(42)35-29)27-16-24(34)10-13-26(27)31-18-36-20-44-31/h2-14,16-20,28H,15H2,1H3,(H,37,39)(H,38,41)/q-1/t28-/m0/s1. The largest absolute Gasteiger partial charge is 0.750 e. The zero-order valence-electron chi connectivity index (χ0n) is 23.4. The number of anilines is 1. The van der Waals surface area contributed by atoms with Gasteiger partial charge in [0, 0.05) is 26.0 Å². The number of ether oxygens (including phenoxy) is 1. The van der Waals surface area contributed by atoms with Gasteiger partial charge in [0.25, 0.3) is 0 Å². The molecule has 2 aromatic heterocycles. The number of hydrogen-bond donors (Lipinski definition) is 2. The van der Waals surface area contributed by atoms with E-state index in [-0.39, 0.29) is 5.92 Å². The molecule has 11 heteroatoms. The van der Waals surface area contributed by atoms with Crippen molar-refractivity contribution in [1.82, 2.24) is 18.2 Å². The Balaban J connectivity index is 1.33. The predicted molar refractivity (Wildman–Crippen MR) is 181 cm³/mol. The van der Waals surface area contributed by atoms with Gasteiger partial charge in [0.2, 0.25) is 0 Å². The fraction of sp³-hybridized carbons (Fsp3) is 0.0909. The van der Waals surface area contributed by atoms with Gasteiger partial charge in [-0.3, -0.25) is 5.32 Å². The van der Waals surface area contributed by atoms with E-state index in [0.717, 1.165) is 46.1 Å². The van der Waals surface area contributed by atoms with Gasteiger partial charge < -0.3 is 22.6 Å². The van der Waals surface area contributed by atoms with Gasteiger partial charge in [0.15, 0.2) is 12.2 Å². The Bertz CT molecular complexity index is 1850. The van der Waals surface area contributed by atoms with E-state index in [4.69, 9.17) is 21.0 Å². The average molecular weight is 719 g/mol. The number of nitrogens with one attached hydrogen (secondary N) is 2. The number of imidazole rings is 1. The fourth-order valence-electron chi connectivity index (χ4n) is 4.86. The summed E-state index contributed by atoms with van der Waals surface area (Å²) >= 11 is 5.29. The van der Waals surface area contributed by atoms with Crippen molar-refractivity contribution in [3.05, 3.63) is 137 Å². The van der Waals surface area contributed by atoms with Gasteiger partial charge in [-0.15, -0.1) is 0 Å². The normalized spacial score (nSPS) is 13.8. The third-order valence-corrected chi connectivity index (χ3v) is 9.66. The second kappa shape index (κ2) is 13.4. The summed E-state index contributed by atoms with van der Waals surface area (Å²) in [5.41, 5.74) is 5.79. The molecule has 1 amide bonds. The minimum absolute atomic E-state index is 0.159. The molecule has 0 unspecified atom stereocenters. The van der Waals surface area contributed by atoms with Gasteiger partial charge in [-0.2, -0.15) is 0 Å². The lowest BCUT2D eigenvalue weighted by molar-refractivity contribution is 0.187. The lowest BCUT2D eigenvalue weighted by Crippen LogP contribution is -2.14. The Labute approximate surface area is 268 Å². The summed E-state index contributed by atoms with van der Waals surface area (Å²) in [6.07, 6.45) is 10.6. The van der Waals surface area contributed by atoms with Crippen LogP contribution < -0.4 is 5.32 Å². The van der Waals surface area contributed by atoms with E-state index in [1.54, 1.807) is 36.8 Å². The lowest BCUT2D eigenvalue weighted by atomic mass is 9.93. The first-order chi connectivity index (χ1) is 21.5. The number of hydrogen-bond acceptors (Lipinski definition) is 7. The molecule has 0 radical (unpaired) electrons. The number of hydroxylamine groups is 1. The first-order valence-electron chi connectivity index (χ1n) is 13.6. The van der Waals surface area contributed by atoms with Crippen LogP contribution in [0.25, 0.3) is 28.2 Å². The summed E-state index contributed by atoms with van der Waals surface area (Å²) in [6.45, 7) is 0. The summed E-state index contributed by atoms with van der Waals surface area (Å²) in [5.74, 6) is 1.19. The van der Waals surface area contributed by atoms with Crippen LogP contribution in [0.1, 0.15) is 22.9 Å². The van der Waals surface area contributed by atoms with Crippen LogP contribution in [0.4, 0.5) is 10.5 Å². The molecule has 0 spiro atoms. The molecule has 6 rings (SSSR count). The Morgan fingerprint density at radius 1 is 1.09 bits per heavy atom. The van der Waals surface area contributed by atoms with E-state index in [1.807, 2.05) is 54.6 Å². The van der Waals surface area contributed by atoms with E-state index in [2.05, 4.69) is 32.2 Å². The molecule has 0 saturated carbocycles. The Morgan fingerprint density at radius 2 is 1.91 bits per heavy atom. The fourth-order valence-corrected chi connectivity index (χ4v) is 7.21. The summed E-state index contributed by atoms with van der Waals surface area (Å²) in [5, 5.41) is 16.6. The number of aromatic amines is 1. The van der Waals surface area contributed by atoms with Crippen molar-refractivity contribution in [1.29, 1.82) is 0 Å². The number of halogens is 2. The summed E-state index contributed by atoms with van der Waals surface area (Å²) in [7, 11) is 1.32. The molecule has 2 N–H and O–H groups in total. The van der Waals surface area contributed by atoms with Crippen molar-refractivity contribution < 1.29 is 13.9 Å². The SMILES string of the molecule is COC(=O)Nc1ccc(-c2cnc([C@@H](Cc3ccccc3)C3=IN([O-])C=C(c4cc(Cl)ccc4-c4cnco4)C=C3)[nH]2)cc1. The molecule has 0 aliphatic carbocycles. The van der Waals surface area contributed by atoms with Crippen molar-refractivity contribution in [3.8, 4) is 22.6 Å². The first kappa shape index (κ1) is 29.5. The van der Waals surface area contributed by atoms with E-state index in [1.165, 1.54) is 13.5 Å². The van der Waals surface area contributed by atoms with Crippen LogP contribution in [0.5, 0.6) is 0 Å². The third-order valence-electron chi connectivity index (χ3n) is 7.00. The molecule has 0 saturated heterocycles. The molecule has 0 fully saturated rings. The highest BCUT2D eigenvalue weighted by Gasteiger charge is 2.22. The van der Waals surface area contributed by atoms with Crippen molar-refractivity contribution in [2.45, 2.75) is 12.3 Å². The summed E-state index contributed by atoms with van der Waals surface area (Å²) in [4.78, 5) is 23.9. The van der Waals surface area contributed by atoms with Crippen molar-refractivity contribution in [3.63, 3.8) is 0 Å². The Morgan fingerprint density at radius 3 is 2.66 bits per heavy atom. The number of carbonyl (C=O) groups is 1. The number of aromatic nitrogens is 3. The van der Waals surface area contributed by atoms with E-state index >= 15 is 0 Å². The van der Waals surface area contributed by atoms with Crippen LogP contribution in [0.3, 0.4) is 0 Å². The summed E-state index contributed by atoms with van der Waals surface area (Å²) < 4.78 is 12.3. The third kappa shape index (κ3) is 6.83. The number of nitrogens with zero attached hydrogens (tertiary/aromatic N) is 3. The van der Waals surface area contributed by atoms with E-state index in [9.17, 15) is 10.0 Å². The number of rotatable bonds is 8. The van der Waals surface area contributed by atoms with Crippen LogP contribution in [-0.2, 0) is 11.2 Å². The molecule has 1 atom stereocenters. The molecule has 3 aromatic carbocycles. The molecule has 9 nitrogen and oxygen atoms in total. The van der Waals surface area contributed by atoms with Crippen molar-refractivity contribution in [2.75, 3.05) is 12.4 Å². The zero-order chi connectivity index (χ0) is 30.5. The minimum Gasteiger partial charge on any atom is -0.750 e. The van der Waals surface area contributed by atoms with Crippen LogP contribution in [0.2, 0.25) is 5.02 Å². The van der Waals surface area contributed by atoms with Crippen LogP contribution in [0.15, 0.2) is 114 Å². The topological polar surface area (TPSA) is 119 Å². The van der Waals surface area contributed by atoms with Crippen LogP contribution >= 0.6 is 32.6 Å². The second-order valence-corrected chi connectivity index (χ2v) is 12.9. The molecule has 1 aliphatic rings. The summed E-state index contributed by atoms with van der Waals surface area (Å²) in [6, 6.07) is 23.0. The van der Waals surface area contributed by atoms with Gasteiger partial charge in [-0.05, 0) is 80.0 Å². The number of benzene rings is 3. The molecule has 5 aromatic rings. The zero-order valence-corrected chi connectivity index (χ0v) is 26.3. The minimum atomic E-state index is -1.10. The van der Waals surface area contributed by atoms with Gasteiger partial charge in [0.05, 0.1) is 31.1 Å². The highest BCUT2D eigenvalue weighted by Crippen LogP contribution is 2.36. The Hall–Kier alpha value is -4.52. The highest BCUT2D eigenvalue weighted by molar-refractivity contribution is 14.2. The predicted octanol–water partition coefficient (Wildman–Crippen LogP) is 8.36. The van der Waals surface area contributed by atoms with Crippen molar-refractivity contribution in [2.24, 2.45) is 0 Å². The number of amides is 1. The maximum Gasteiger partial charge on any atom is 0.411 e. The number of oxazole rings is 1. The molecule has 44 heavy (non-hydrogen) atoms. The van der Waals surface area contributed by atoms with Gasteiger partial charge in [-0.1, -0.05) is 66.2 Å². The van der Waals surface area contributed by atoms with Crippen molar-refractivity contribution >= 4 is 53.5 Å². The highest BCUT2D eigenvalue weighted by atomic mass is 127. The molecular formula is C33H26ClIN5O4-. The molecular weight excluding hydrogens is 693 g/mol. The maximum absolute atomic E-state index is 13.4. The lowest BCUT2D eigenvalue weighted by Gasteiger charge is -2.23. The molecule has 1 aliphatic heterocycles. The van der Waals surface area contributed by atoms with Crippen LogP contribution in [0, 0.1) is 5.21 Å². The van der Waals surface area contributed by atoms with E-state index < -0.39 is 27.1 Å². The maximum atomic E-state index is 13.4. The average Bonchev–Trinajstić information content (AvgIpc) is 3.72. The number of carbonyl (C=O) groups excluding carboxylic acids is 1. The first-order valence-corrected chi connectivity index (χ1v) is 16.0. The molecule has 222 valence electrons. The van der Waals surface area contributed by atoms with Crippen LogP contribution in [-0.4, -0.2) is 34.9 Å². The van der Waals surface area contributed by atoms with Gasteiger partial charge in [0.1, 0.15) is 5.82 Å². The quantitative estimate of drug-likeness (QED) is 0.122. The second-order valence-electron chi connectivity index (χ2n) is 9.83. The number of H-pyrrole nitrogens is 1. The van der Waals surface area contributed by atoms with Gasteiger partial charge in [-0.25, -0.2) is 14.8 Å².